The average Bonchev–Trinajstić information content (AvgIpc) is 2.84. The Morgan fingerprint density at radius 2 is 1.72 bits per heavy atom. The highest BCUT2D eigenvalue weighted by Gasteiger charge is 2.35. The van der Waals surface area contributed by atoms with E-state index in [-0.39, 0.29) is 17.9 Å². The number of Topliss-reactive ketones (excluding diaryl/α,β-unsaturated/α-hetero) is 1. The lowest BCUT2D eigenvalue weighted by Crippen LogP contribution is -2.34. The molecule has 1 aliphatic rings. The van der Waals surface area contributed by atoms with Crippen molar-refractivity contribution in [3.05, 3.63) is 68.3 Å². The third-order valence-corrected chi connectivity index (χ3v) is 3.70. The number of ketones is 1. The number of nitrogens with one attached hydrogen (secondary N) is 1. The Bertz CT molecular complexity index is 926. The van der Waals surface area contributed by atoms with Gasteiger partial charge in [0.05, 0.1) is 33.8 Å². The molecule has 1 N–H and O–H groups in total. The lowest BCUT2D eigenvalue weighted by molar-refractivity contribution is -0.393. The van der Waals surface area contributed by atoms with Gasteiger partial charge in [0.15, 0.2) is 0 Å². The maximum absolute atomic E-state index is 12.1. The molecule has 25 heavy (non-hydrogen) atoms. The van der Waals surface area contributed by atoms with Crippen LogP contribution in [0.1, 0.15) is 10.4 Å². The lowest BCUT2D eigenvalue weighted by atomic mass is 10.1. The number of fused-ring (bicyclic) bond motifs is 1. The normalized spacial score (nSPS) is 12.9. The standard InChI is InChI=1S/C15H10N4O6/c20-14-10-3-1-2-4-12(10)17(15(14)21)8-16-11-6-5-9(18(22)23)7-13(11)19(24)25/h1-7,16H,8H2. The first kappa shape index (κ1) is 16.1. The van der Waals surface area contributed by atoms with Crippen LogP contribution < -0.4 is 10.2 Å². The summed E-state index contributed by atoms with van der Waals surface area (Å²) >= 11 is 0. The second-order valence-corrected chi connectivity index (χ2v) is 5.13. The monoisotopic (exact) mass is 342 g/mol. The van der Waals surface area contributed by atoms with Crippen LogP contribution in [-0.4, -0.2) is 28.2 Å². The van der Waals surface area contributed by atoms with E-state index in [4.69, 9.17) is 0 Å². The van der Waals surface area contributed by atoms with E-state index in [1.54, 1.807) is 18.2 Å². The van der Waals surface area contributed by atoms with E-state index in [0.29, 0.717) is 5.69 Å². The fraction of sp³-hybridized carbons (Fsp3) is 0.0667. The molecule has 0 bridgehead atoms. The van der Waals surface area contributed by atoms with Gasteiger partial charge in [-0.05, 0) is 18.2 Å². The third-order valence-electron chi connectivity index (χ3n) is 3.70. The predicted octanol–water partition coefficient (Wildman–Crippen LogP) is 2.10. The number of amides is 1. The Kier molecular flexibility index (Phi) is 3.85. The van der Waals surface area contributed by atoms with E-state index in [1.165, 1.54) is 12.1 Å². The zero-order valence-corrected chi connectivity index (χ0v) is 12.5. The zero-order chi connectivity index (χ0) is 18.1. The Morgan fingerprint density at radius 1 is 1.00 bits per heavy atom. The van der Waals surface area contributed by atoms with Crippen molar-refractivity contribution in [3.8, 4) is 0 Å². The lowest BCUT2D eigenvalue weighted by Gasteiger charge is -2.17. The van der Waals surface area contributed by atoms with Gasteiger partial charge in [-0.25, -0.2) is 0 Å². The molecule has 2 aromatic carbocycles. The number of carbonyl (C=O) groups excluding carboxylic acids is 2. The molecule has 10 nitrogen and oxygen atoms in total. The van der Waals surface area contributed by atoms with Crippen LogP contribution in [-0.2, 0) is 4.79 Å². The van der Waals surface area contributed by atoms with Gasteiger partial charge in [-0.15, -0.1) is 0 Å². The molecule has 1 amide bonds. The first-order valence-corrected chi connectivity index (χ1v) is 7.02. The minimum Gasteiger partial charge on any atom is -0.362 e. The van der Waals surface area contributed by atoms with Crippen LogP contribution in [0.25, 0.3) is 0 Å². The number of nitrogens with zero attached hydrogens (tertiary/aromatic N) is 3. The molecule has 2 aromatic rings. The number of rotatable bonds is 5. The van der Waals surface area contributed by atoms with Crippen molar-refractivity contribution in [1.29, 1.82) is 0 Å². The first-order chi connectivity index (χ1) is 11.9. The van der Waals surface area contributed by atoms with Gasteiger partial charge in [-0.3, -0.25) is 34.7 Å². The van der Waals surface area contributed by atoms with Crippen molar-refractivity contribution < 1.29 is 19.4 Å². The number of nitro benzene ring substituents is 2. The number of carbonyl (C=O) groups is 2. The quantitative estimate of drug-likeness (QED) is 0.499. The van der Waals surface area contributed by atoms with Gasteiger partial charge in [0.2, 0.25) is 0 Å². The minimum atomic E-state index is -0.764. The SMILES string of the molecule is O=C1C(=O)N(CNc2ccc([N+](=O)[O-])cc2[N+](=O)[O-])c2ccccc21. The summed E-state index contributed by atoms with van der Waals surface area (Å²) in [7, 11) is 0. The molecule has 0 atom stereocenters. The van der Waals surface area contributed by atoms with E-state index in [0.717, 1.165) is 17.0 Å². The number of hydrogen-bond acceptors (Lipinski definition) is 7. The molecule has 1 heterocycles. The summed E-state index contributed by atoms with van der Waals surface area (Å²) in [5, 5.41) is 24.5. The largest absolute Gasteiger partial charge is 0.362 e. The molecule has 10 heteroatoms. The Labute approximate surface area is 140 Å². The van der Waals surface area contributed by atoms with Crippen molar-refractivity contribution in [3.63, 3.8) is 0 Å². The van der Waals surface area contributed by atoms with Crippen molar-refractivity contribution in [2.24, 2.45) is 0 Å². The number of non-ortho nitro benzene ring substituents is 1. The van der Waals surface area contributed by atoms with Gasteiger partial charge in [0, 0.05) is 6.07 Å². The third kappa shape index (κ3) is 2.76. The van der Waals surface area contributed by atoms with Crippen molar-refractivity contribution in [2.75, 3.05) is 16.9 Å². The van der Waals surface area contributed by atoms with Crippen LogP contribution in [0.5, 0.6) is 0 Å². The molecule has 0 saturated carbocycles. The molecule has 0 saturated heterocycles. The minimum absolute atomic E-state index is 0.000213. The second kappa shape index (κ2) is 6.00. The molecule has 0 unspecified atom stereocenters. The van der Waals surface area contributed by atoms with Crippen LogP contribution in [0, 0.1) is 20.2 Å². The van der Waals surface area contributed by atoms with Gasteiger partial charge < -0.3 is 5.32 Å². The fourth-order valence-electron chi connectivity index (χ4n) is 2.50. The fourth-order valence-corrected chi connectivity index (χ4v) is 2.50. The maximum atomic E-state index is 12.1. The molecule has 3 rings (SSSR count). The van der Waals surface area contributed by atoms with Crippen LogP contribution in [0.3, 0.4) is 0 Å². The molecule has 0 spiro atoms. The Morgan fingerprint density at radius 3 is 2.40 bits per heavy atom. The van der Waals surface area contributed by atoms with Gasteiger partial charge in [-0.2, -0.15) is 0 Å². The molecule has 1 aliphatic heterocycles. The average molecular weight is 342 g/mol. The molecule has 0 aliphatic carbocycles. The summed E-state index contributed by atoms with van der Waals surface area (Å²) in [6, 6.07) is 9.51. The topological polar surface area (TPSA) is 136 Å². The summed E-state index contributed by atoms with van der Waals surface area (Å²) in [5.41, 5.74) is -0.266. The second-order valence-electron chi connectivity index (χ2n) is 5.13. The summed E-state index contributed by atoms with van der Waals surface area (Å²) in [6.07, 6.45) is 0. The molecule has 126 valence electrons. The molecular weight excluding hydrogens is 332 g/mol. The number of benzene rings is 2. The van der Waals surface area contributed by atoms with Crippen molar-refractivity contribution >= 4 is 34.4 Å². The molecule has 0 aromatic heterocycles. The highest BCUT2D eigenvalue weighted by atomic mass is 16.6. The number of para-hydroxylation sites is 1. The van der Waals surface area contributed by atoms with Gasteiger partial charge in [0.25, 0.3) is 17.2 Å². The van der Waals surface area contributed by atoms with Gasteiger partial charge in [0.1, 0.15) is 5.69 Å². The summed E-state index contributed by atoms with van der Waals surface area (Å²) < 4.78 is 0. The van der Waals surface area contributed by atoms with Crippen LogP contribution in [0.2, 0.25) is 0 Å². The number of nitro groups is 2. The highest BCUT2D eigenvalue weighted by Crippen LogP contribution is 2.31. The van der Waals surface area contributed by atoms with Crippen molar-refractivity contribution in [2.45, 2.75) is 0 Å². The van der Waals surface area contributed by atoms with E-state index in [1.807, 2.05) is 0 Å². The number of anilines is 2. The van der Waals surface area contributed by atoms with Crippen LogP contribution in [0.15, 0.2) is 42.5 Å². The summed E-state index contributed by atoms with van der Waals surface area (Å²) in [4.78, 5) is 45.5. The first-order valence-electron chi connectivity index (χ1n) is 7.02. The zero-order valence-electron chi connectivity index (χ0n) is 12.5. The van der Waals surface area contributed by atoms with E-state index < -0.39 is 32.9 Å². The van der Waals surface area contributed by atoms with E-state index in [2.05, 4.69) is 5.32 Å². The number of hydrogen-bond donors (Lipinski definition) is 1. The highest BCUT2D eigenvalue weighted by molar-refractivity contribution is 6.52. The van der Waals surface area contributed by atoms with Gasteiger partial charge >= 0.3 is 5.91 Å². The Hall–Kier alpha value is -3.82. The summed E-state index contributed by atoms with van der Waals surface area (Å²) in [5.74, 6) is -1.41. The smallest absolute Gasteiger partial charge is 0.300 e. The van der Waals surface area contributed by atoms with E-state index >= 15 is 0 Å². The maximum Gasteiger partial charge on any atom is 0.300 e. The molecular formula is C15H10N4O6. The van der Waals surface area contributed by atoms with Gasteiger partial charge in [-0.1, -0.05) is 12.1 Å². The van der Waals surface area contributed by atoms with Crippen molar-refractivity contribution in [1.82, 2.24) is 0 Å². The van der Waals surface area contributed by atoms with E-state index in [9.17, 15) is 29.8 Å². The molecule has 0 radical (unpaired) electrons. The molecule has 0 fully saturated rings. The Balaban J connectivity index is 1.87. The summed E-state index contributed by atoms with van der Waals surface area (Å²) in [6.45, 7) is -0.194. The van der Waals surface area contributed by atoms with Crippen LogP contribution in [0.4, 0.5) is 22.7 Å². The predicted molar refractivity (Wildman–Crippen MR) is 86.5 cm³/mol. The van der Waals surface area contributed by atoms with Crippen LogP contribution >= 0.6 is 0 Å².